The first-order chi connectivity index (χ1) is 17.7. The van der Waals surface area contributed by atoms with Gasteiger partial charge >= 0.3 is 0 Å². The fourth-order valence-corrected chi connectivity index (χ4v) is 4.25. The summed E-state index contributed by atoms with van der Waals surface area (Å²) in [4.78, 5) is 31.9. The second-order valence-corrected chi connectivity index (χ2v) is 8.41. The molecule has 1 aromatic heterocycles. The summed E-state index contributed by atoms with van der Waals surface area (Å²) in [6.07, 6.45) is 1.12. The van der Waals surface area contributed by atoms with E-state index in [9.17, 15) is 14.0 Å². The molecule has 0 saturated carbocycles. The number of halogens is 1. The molecule has 2 amide bonds. The van der Waals surface area contributed by atoms with E-state index in [1.807, 2.05) is 44.2 Å². The van der Waals surface area contributed by atoms with Crippen LogP contribution >= 0.6 is 0 Å². The van der Waals surface area contributed by atoms with Crippen molar-refractivity contribution in [1.82, 2.24) is 9.97 Å². The molecule has 0 atom stereocenters. The van der Waals surface area contributed by atoms with E-state index in [0.717, 1.165) is 34.1 Å². The van der Waals surface area contributed by atoms with Gasteiger partial charge in [0.1, 0.15) is 29.3 Å². The van der Waals surface area contributed by atoms with Crippen LogP contribution in [0.1, 0.15) is 37.7 Å². The van der Waals surface area contributed by atoms with Crippen LogP contribution < -0.4 is 21.5 Å². The number of hydrogen-bond donors (Lipinski definition) is 3. The highest BCUT2D eigenvalue weighted by molar-refractivity contribution is 6.05. The van der Waals surface area contributed by atoms with Crippen LogP contribution in [-0.4, -0.2) is 28.9 Å². The van der Waals surface area contributed by atoms with Crippen molar-refractivity contribution < 1.29 is 18.7 Å². The van der Waals surface area contributed by atoms with Crippen molar-refractivity contribution >= 4 is 17.5 Å². The highest BCUT2D eigenvalue weighted by atomic mass is 19.1. The third kappa shape index (κ3) is 5.03. The zero-order valence-electron chi connectivity index (χ0n) is 20.6. The van der Waals surface area contributed by atoms with Crippen LogP contribution in [0.3, 0.4) is 0 Å². The number of nitrogens with two attached hydrogens (primary N) is 2. The summed E-state index contributed by atoms with van der Waals surface area (Å²) in [7, 11) is 1.49. The Morgan fingerprint density at radius 2 is 1.59 bits per heavy atom. The number of anilines is 1. The van der Waals surface area contributed by atoms with Crippen molar-refractivity contribution in [2.24, 2.45) is 11.5 Å². The number of primary amides is 1. The Balaban J connectivity index is 1.72. The normalized spacial score (nSPS) is 10.7. The van der Waals surface area contributed by atoms with E-state index >= 15 is 0 Å². The quantitative estimate of drug-likeness (QED) is 0.345. The van der Waals surface area contributed by atoms with Gasteiger partial charge in [-0.15, -0.1) is 0 Å². The largest absolute Gasteiger partial charge is 0.496 e. The Hall–Kier alpha value is -4.63. The van der Waals surface area contributed by atoms with Crippen molar-refractivity contribution in [3.05, 3.63) is 94.8 Å². The molecule has 0 fully saturated rings. The number of ether oxygens (including phenoxy) is 1. The molecular formula is C28H26FN5O3. The van der Waals surface area contributed by atoms with Gasteiger partial charge in [-0.25, -0.2) is 14.4 Å². The molecule has 0 aliphatic heterocycles. The molecule has 37 heavy (non-hydrogen) atoms. The maximum atomic E-state index is 14.8. The lowest BCUT2D eigenvalue weighted by Gasteiger charge is -2.17. The summed E-state index contributed by atoms with van der Waals surface area (Å²) < 4.78 is 20.1. The number of methoxy groups -OCH3 is 1. The lowest BCUT2D eigenvalue weighted by molar-refractivity contribution is 0.0995. The fourth-order valence-electron chi connectivity index (χ4n) is 4.25. The van der Waals surface area contributed by atoms with Crippen molar-refractivity contribution in [3.8, 4) is 28.0 Å². The summed E-state index contributed by atoms with van der Waals surface area (Å²) in [5.74, 6) is -1.28. The second kappa shape index (κ2) is 10.5. The lowest BCUT2D eigenvalue weighted by atomic mass is 9.90. The van der Waals surface area contributed by atoms with Crippen LogP contribution in [0.5, 0.6) is 5.75 Å². The number of aromatic nitrogens is 2. The predicted octanol–water partition coefficient (Wildman–Crippen LogP) is 4.39. The topological polar surface area (TPSA) is 133 Å². The summed E-state index contributed by atoms with van der Waals surface area (Å²) in [5, 5.41) is 2.84. The molecule has 1 heterocycles. The zero-order valence-corrected chi connectivity index (χ0v) is 20.6. The Morgan fingerprint density at radius 1 is 0.946 bits per heavy atom. The third-order valence-electron chi connectivity index (χ3n) is 6.25. The van der Waals surface area contributed by atoms with Gasteiger partial charge in [-0.3, -0.25) is 9.59 Å². The minimum absolute atomic E-state index is 0.0173. The standard InChI is InChI=1S/C28H26FN5O3/c1-15-18(17-10-22(29)21(13-30)26(11-17)37-3)6-4-7-19(15)20-8-5-9-23(16(20)2)34-28(36)25-12-24(27(31)35)32-14-33-25/h4-12,14H,13,30H2,1-3H3,(H2,31,35)(H,34,36). The van der Waals surface area contributed by atoms with E-state index in [0.29, 0.717) is 22.6 Å². The first-order valence-corrected chi connectivity index (χ1v) is 11.4. The van der Waals surface area contributed by atoms with Crippen molar-refractivity contribution in [2.75, 3.05) is 12.4 Å². The van der Waals surface area contributed by atoms with Gasteiger partial charge in [-0.05, 0) is 65.4 Å². The third-order valence-corrected chi connectivity index (χ3v) is 6.25. The number of benzene rings is 3. The first kappa shape index (κ1) is 25.5. The van der Waals surface area contributed by atoms with Gasteiger partial charge in [0.2, 0.25) is 0 Å². The number of amides is 2. The minimum Gasteiger partial charge on any atom is -0.496 e. The molecule has 0 bridgehead atoms. The fraction of sp³-hybridized carbons (Fsp3) is 0.143. The molecule has 8 nitrogen and oxygen atoms in total. The molecule has 0 aliphatic carbocycles. The molecule has 0 aliphatic rings. The van der Waals surface area contributed by atoms with Gasteiger partial charge in [-0.1, -0.05) is 30.3 Å². The smallest absolute Gasteiger partial charge is 0.274 e. The predicted molar refractivity (Wildman–Crippen MR) is 140 cm³/mol. The molecule has 4 rings (SSSR count). The van der Waals surface area contributed by atoms with Gasteiger partial charge in [-0.2, -0.15) is 0 Å². The van der Waals surface area contributed by atoms with Crippen LogP contribution in [0.2, 0.25) is 0 Å². The number of nitrogens with one attached hydrogen (secondary N) is 1. The molecule has 5 N–H and O–H groups in total. The van der Waals surface area contributed by atoms with Crippen molar-refractivity contribution in [1.29, 1.82) is 0 Å². The molecule has 0 saturated heterocycles. The van der Waals surface area contributed by atoms with E-state index in [-0.39, 0.29) is 17.9 Å². The highest BCUT2D eigenvalue weighted by Gasteiger charge is 2.17. The summed E-state index contributed by atoms with van der Waals surface area (Å²) in [6.45, 7) is 3.89. The average Bonchev–Trinajstić information content (AvgIpc) is 2.89. The second-order valence-electron chi connectivity index (χ2n) is 8.41. The van der Waals surface area contributed by atoms with E-state index in [1.54, 1.807) is 12.1 Å². The van der Waals surface area contributed by atoms with Crippen LogP contribution in [0.4, 0.5) is 10.1 Å². The minimum atomic E-state index is -0.750. The van der Waals surface area contributed by atoms with Gasteiger partial charge in [0.05, 0.1) is 7.11 Å². The number of carbonyl (C=O) groups excluding carboxylic acids is 2. The lowest BCUT2D eigenvalue weighted by Crippen LogP contribution is -2.18. The van der Waals surface area contributed by atoms with E-state index < -0.39 is 17.6 Å². The molecular weight excluding hydrogens is 473 g/mol. The SMILES string of the molecule is COc1cc(-c2cccc(-c3cccc(NC(=O)c4cc(C(N)=O)ncn4)c3C)c2C)cc(F)c1CN. The zero-order chi connectivity index (χ0) is 26.7. The van der Waals surface area contributed by atoms with Crippen LogP contribution in [0, 0.1) is 19.7 Å². The monoisotopic (exact) mass is 499 g/mol. The Labute approximate surface area is 213 Å². The molecule has 4 aromatic rings. The van der Waals surface area contributed by atoms with Crippen LogP contribution in [-0.2, 0) is 6.54 Å². The summed E-state index contributed by atoms with van der Waals surface area (Å²) >= 11 is 0. The van der Waals surface area contributed by atoms with Gasteiger partial charge in [0.15, 0.2) is 0 Å². The van der Waals surface area contributed by atoms with Crippen molar-refractivity contribution in [2.45, 2.75) is 20.4 Å². The van der Waals surface area contributed by atoms with Gasteiger partial charge < -0.3 is 21.5 Å². The summed E-state index contributed by atoms with van der Waals surface area (Å²) in [5.41, 5.74) is 16.9. The molecule has 9 heteroatoms. The van der Waals surface area contributed by atoms with Crippen LogP contribution in [0.25, 0.3) is 22.3 Å². The van der Waals surface area contributed by atoms with E-state index in [1.165, 1.54) is 19.2 Å². The maximum Gasteiger partial charge on any atom is 0.274 e. The molecule has 0 unspecified atom stereocenters. The number of rotatable bonds is 7. The Bertz CT molecular complexity index is 1520. The molecule has 0 spiro atoms. The van der Waals surface area contributed by atoms with Crippen molar-refractivity contribution in [3.63, 3.8) is 0 Å². The Morgan fingerprint density at radius 3 is 2.27 bits per heavy atom. The van der Waals surface area contributed by atoms with Gasteiger partial charge in [0, 0.05) is 23.9 Å². The number of hydrogen-bond acceptors (Lipinski definition) is 6. The number of nitrogens with zero attached hydrogens (tertiary/aromatic N) is 2. The Kier molecular flexibility index (Phi) is 7.26. The molecule has 188 valence electrons. The first-order valence-electron chi connectivity index (χ1n) is 11.4. The summed E-state index contributed by atoms with van der Waals surface area (Å²) in [6, 6.07) is 15.8. The molecule has 3 aromatic carbocycles. The number of carbonyl (C=O) groups is 2. The van der Waals surface area contributed by atoms with E-state index in [4.69, 9.17) is 16.2 Å². The van der Waals surface area contributed by atoms with E-state index in [2.05, 4.69) is 15.3 Å². The van der Waals surface area contributed by atoms with Gasteiger partial charge in [0.25, 0.3) is 11.8 Å². The average molecular weight is 500 g/mol. The maximum absolute atomic E-state index is 14.8. The van der Waals surface area contributed by atoms with Crippen LogP contribution in [0.15, 0.2) is 60.9 Å². The highest BCUT2D eigenvalue weighted by Crippen LogP contribution is 2.37. The molecule has 0 radical (unpaired) electrons.